The molecule has 22 heavy (non-hydrogen) atoms. The molecular formula is C20H26O2. The Morgan fingerprint density at radius 1 is 0.773 bits per heavy atom. The van der Waals surface area contributed by atoms with Gasteiger partial charge in [0.2, 0.25) is 0 Å². The highest BCUT2D eigenvalue weighted by atomic mass is 17.2. The third kappa shape index (κ3) is 3.82. The maximum atomic E-state index is 5.68. The van der Waals surface area contributed by atoms with Crippen LogP contribution < -0.4 is 9.78 Å². The highest BCUT2D eigenvalue weighted by Gasteiger charge is 2.19. The van der Waals surface area contributed by atoms with Crippen LogP contribution in [0.2, 0.25) is 0 Å². The van der Waals surface area contributed by atoms with E-state index in [1.165, 1.54) is 11.1 Å². The Hall–Kier alpha value is -1.96. The molecular weight excluding hydrogens is 272 g/mol. The van der Waals surface area contributed by atoms with Gasteiger partial charge in [-0.1, -0.05) is 58.0 Å². The predicted octanol–water partition coefficient (Wildman–Crippen LogP) is 6.09. The van der Waals surface area contributed by atoms with Crippen LogP contribution in [0.25, 0.3) is 0 Å². The van der Waals surface area contributed by atoms with Crippen LogP contribution in [0, 0.1) is 0 Å². The summed E-state index contributed by atoms with van der Waals surface area (Å²) >= 11 is 0. The van der Waals surface area contributed by atoms with Gasteiger partial charge in [-0.15, -0.1) is 0 Å². The fraction of sp³-hybridized carbons (Fsp3) is 0.400. The Bertz CT molecular complexity index is 578. The first-order valence-electron chi connectivity index (χ1n) is 8.19. The van der Waals surface area contributed by atoms with Crippen LogP contribution in [-0.2, 0) is 0 Å². The molecule has 0 bridgehead atoms. The van der Waals surface area contributed by atoms with Crippen molar-refractivity contribution in [3.8, 4) is 11.5 Å². The van der Waals surface area contributed by atoms with E-state index in [0.29, 0.717) is 17.6 Å². The van der Waals surface area contributed by atoms with Gasteiger partial charge in [0.15, 0.2) is 11.5 Å². The first-order valence-corrected chi connectivity index (χ1v) is 8.19. The largest absolute Gasteiger partial charge is 0.290 e. The molecule has 2 atom stereocenters. The highest BCUT2D eigenvalue weighted by Crippen LogP contribution is 2.36. The van der Waals surface area contributed by atoms with Gasteiger partial charge in [0, 0.05) is 5.56 Å². The molecule has 2 rings (SSSR count). The third-order valence-corrected chi connectivity index (χ3v) is 4.32. The van der Waals surface area contributed by atoms with Crippen molar-refractivity contribution in [1.82, 2.24) is 0 Å². The average Bonchev–Trinajstić information content (AvgIpc) is 2.59. The van der Waals surface area contributed by atoms with Gasteiger partial charge in [-0.25, -0.2) is 0 Å². The molecule has 0 radical (unpaired) electrons. The molecule has 0 aromatic heterocycles. The molecule has 118 valence electrons. The lowest BCUT2D eigenvalue weighted by Crippen LogP contribution is -2.08. The molecule has 2 nitrogen and oxygen atoms in total. The smallest absolute Gasteiger partial charge is 0.182 e. The van der Waals surface area contributed by atoms with Crippen molar-refractivity contribution in [2.75, 3.05) is 0 Å². The topological polar surface area (TPSA) is 18.5 Å². The molecule has 0 amide bonds. The van der Waals surface area contributed by atoms with Gasteiger partial charge in [-0.2, -0.15) is 0 Å². The Labute approximate surface area is 134 Å². The van der Waals surface area contributed by atoms with E-state index < -0.39 is 0 Å². The molecule has 0 aliphatic heterocycles. The van der Waals surface area contributed by atoms with E-state index in [9.17, 15) is 0 Å². The number of hydrogen-bond acceptors (Lipinski definition) is 2. The van der Waals surface area contributed by atoms with Crippen molar-refractivity contribution in [3.05, 3.63) is 59.7 Å². The van der Waals surface area contributed by atoms with Crippen molar-refractivity contribution in [2.45, 2.75) is 52.4 Å². The van der Waals surface area contributed by atoms with E-state index in [-0.39, 0.29) is 0 Å². The summed E-state index contributed by atoms with van der Waals surface area (Å²) in [6, 6.07) is 15.9. The van der Waals surface area contributed by atoms with E-state index in [1.807, 2.05) is 36.4 Å². The summed E-state index contributed by atoms with van der Waals surface area (Å²) in [6.45, 7) is 8.94. The minimum Gasteiger partial charge on any atom is -0.290 e. The zero-order valence-corrected chi connectivity index (χ0v) is 14.0. The van der Waals surface area contributed by atoms with Crippen molar-refractivity contribution in [2.24, 2.45) is 0 Å². The van der Waals surface area contributed by atoms with Gasteiger partial charge in [0.25, 0.3) is 0 Å². The standard InChI is InChI=1S/C20H26O2/c1-5-15(3)18-13-10-14-19(20(18)16(4)6-2)22-21-17-11-8-7-9-12-17/h7-16H,5-6H2,1-4H3. The molecule has 0 N–H and O–H groups in total. The molecule has 0 heterocycles. The molecule has 2 aromatic carbocycles. The fourth-order valence-electron chi connectivity index (χ4n) is 2.58. The van der Waals surface area contributed by atoms with Crippen LogP contribution in [0.5, 0.6) is 11.5 Å². The quantitative estimate of drug-likeness (QED) is 0.455. The van der Waals surface area contributed by atoms with E-state index >= 15 is 0 Å². The van der Waals surface area contributed by atoms with Crippen LogP contribution in [0.15, 0.2) is 48.5 Å². The summed E-state index contributed by atoms with van der Waals surface area (Å²) in [5.74, 6) is 2.51. The Kier molecular flexibility index (Phi) is 5.88. The van der Waals surface area contributed by atoms with Crippen molar-refractivity contribution < 1.29 is 9.78 Å². The first-order chi connectivity index (χ1) is 10.7. The van der Waals surface area contributed by atoms with Crippen LogP contribution in [-0.4, -0.2) is 0 Å². The maximum absolute atomic E-state index is 5.68. The zero-order chi connectivity index (χ0) is 15.9. The summed E-state index contributed by atoms with van der Waals surface area (Å²) in [4.78, 5) is 11.2. The molecule has 0 spiro atoms. The van der Waals surface area contributed by atoms with Crippen molar-refractivity contribution in [3.63, 3.8) is 0 Å². The van der Waals surface area contributed by atoms with Gasteiger partial charge >= 0.3 is 0 Å². The number of benzene rings is 2. The fourth-order valence-corrected chi connectivity index (χ4v) is 2.58. The summed E-state index contributed by atoms with van der Waals surface area (Å²) in [6.07, 6.45) is 2.20. The molecule has 2 aromatic rings. The SMILES string of the molecule is CCC(C)c1cccc(OOc2ccccc2)c1C(C)CC. The zero-order valence-electron chi connectivity index (χ0n) is 14.0. The summed E-state index contributed by atoms with van der Waals surface area (Å²) < 4.78 is 0. The van der Waals surface area contributed by atoms with Gasteiger partial charge in [0.05, 0.1) is 0 Å². The number of rotatable bonds is 7. The summed E-state index contributed by atoms with van der Waals surface area (Å²) in [5.41, 5.74) is 2.64. The van der Waals surface area contributed by atoms with Crippen LogP contribution in [0.3, 0.4) is 0 Å². The molecule has 2 unspecified atom stereocenters. The predicted molar refractivity (Wildman–Crippen MR) is 91.6 cm³/mol. The monoisotopic (exact) mass is 298 g/mol. The molecule has 0 aliphatic rings. The number of para-hydroxylation sites is 1. The van der Waals surface area contributed by atoms with E-state index in [0.717, 1.165) is 18.6 Å². The molecule has 0 saturated heterocycles. The highest BCUT2D eigenvalue weighted by molar-refractivity contribution is 5.44. The summed E-state index contributed by atoms with van der Waals surface area (Å²) in [7, 11) is 0. The normalized spacial score (nSPS) is 13.5. The van der Waals surface area contributed by atoms with E-state index in [1.54, 1.807) is 0 Å². The molecule has 0 saturated carbocycles. The van der Waals surface area contributed by atoms with Crippen LogP contribution in [0.1, 0.15) is 63.5 Å². The maximum Gasteiger partial charge on any atom is 0.182 e. The Balaban J connectivity index is 2.29. The minimum atomic E-state index is 0.444. The van der Waals surface area contributed by atoms with Crippen molar-refractivity contribution >= 4 is 0 Å². The van der Waals surface area contributed by atoms with Gasteiger partial charge in [-0.3, -0.25) is 9.78 Å². The van der Waals surface area contributed by atoms with E-state index in [4.69, 9.17) is 9.78 Å². The second-order valence-electron chi connectivity index (χ2n) is 5.86. The third-order valence-electron chi connectivity index (χ3n) is 4.32. The first kappa shape index (κ1) is 16.4. The summed E-state index contributed by atoms with van der Waals surface area (Å²) in [5, 5.41) is 0. The lowest BCUT2D eigenvalue weighted by atomic mass is 9.86. The number of hydrogen-bond donors (Lipinski definition) is 0. The van der Waals surface area contributed by atoms with Gasteiger partial charge in [-0.05, 0) is 48.4 Å². The van der Waals surface area contributed by atoms with Crippen LogP contribution in [0.4, 0.5) is 0 Å². The minimum absolute atomic E-state index is 0.444. The van der Waals surface area contributed by atoms with E-state index in [2.05, 4.69) is 39.8 Å². The molecule has 0 fully saturated rings. The Morgan fingerprint density at radius 3 is 2.09 bits per heavy atom. The lowest BCUT2D eigenvalue weighted by molar-refractivity contribution is -0.101. The van der Waals surface area contributed by atoms with Gasteiger partial charge in [0.1, 0.15) is 0 Å². The molecule has 2 heteroatoms. The molecule has 0 aliphatic carbocycles. The van der Waals surface area contributed by atoms with Gasteiger partial charge < -0.3 is 0 Å². The lowest BCUT2D eigenvalue weighted by Gasteiger charge is -2.22. The Morgan fingerprint density at radius 2 is 1.45 bits per heavy atom. The average molecular weight is 298 g/mol. The second kappa shape index (κ2) is 7.88. The van der Waals surface area contributed by atoms with Crippen molar-refractivity contribution in [1.29, 1.82) is 0 Å². The second-order valence-corrected chi connectivity index (χ2v) is 5.86. The van der Waals surface area contributed by atoms with Crippen LogP contribution >= 0.6 is 0 Å².